The number of pyridine rings is 1. The number of H-pyrrole nitrogens is 1. The number of hydrogen-bond acceptors (Lipinski definition) is 5. The van der Waals surface area contributed by atoms with Crippen molar-refractivity contribution in [1.82, 2.24) is 4.98 Å². The van der Waals surface area contributed by atoms with E-state index in [1.54, 1.807) is 32.2 Å². The minimum Gasteiger partial charge on any atom is -0.497 e. The Morgan fingerprint density at radius 3 is 2.95 bits per heavy atom. The molecule has 1 aliphatic heterocycles. The first-order chi connectivity index (χ1) is 9.12. The molecule has 0 saturated carbocycles. The van der Waals surface area contributed by atoms with Crippen LogP contribution in [-0.2, 0) is 10.5 Å². The van der Waals surface area contributed by atoms with Gasteiger partial charge in [-0.1, -0.05) is 0 Å². The highest BCUT2D eigenvalue weighted by molar-refractivity contribution is 5.80. The van der Waals surface area contributed by atoms with Crippen LogP contribution in [0.3, 0.4) is 0 Å². The van der Waals surface area contributed by atoms with Gasteiger partial charge in [-0.2, -0.15) is 5.11 Å². The molecule has 19 heavy (non-hydrogen) atoms. The molecule has 1 aliphatic rings. The molecule has 0 amide bonds. The maximum absolute atomic E-state index is 12.1. The number of aromatic amines is 1. The first kappa shape index (κ1) is 11.9. The fourth-order valence-electron chi connectivity index (χ4n) is 2.09. The second kappa shape index (κ2) is 4.17. The Labute approximate surface area is 109 Å². The van der Waals surface area contributed by atoms with E-state index in [0.717, 1.165) is 0 Å². The van der Waals surface area contributed by atoms with Crippen molar-refractivity contribution >= 4 is 10.9 Å². The van der Waals surface area contributed by atoms with E-state index in [9.17, 15) is 4.79 Å². The fraction of sp³-hybridized carbons (Fsp3) is 0.308. The Morgan fingerprint density at radius 1 is 1.42 bits per heavy atom. The molecule has 0 spiro atoms. The first-order valence-corrected chi connectivity index (χ1v) is 5.86. The topological polar surface area (TPSA) is 76.0 Å². The summed E-state index contributed by atoms with van der Waals surface area (Å²) in [6.07, 6.45) is 0. The number of nitrogens with one attached hydrogen (secondary N) is 1. The Morgan fingerprint density at radius 2 is 2.26 bits per heavy atom. The van der Waals surface area contributed by atoms with Gasteiger partial charge in [-0.05, 0) is 19.1 Å². The van der Waals surface area contributed by atoms with Gasteiger partial charge in [0.25, 0.3) is 0 Å². The van der Waals surface area contributed by atoms with Gasteiger partial charge in [-0.25, -0.2) is 0 Å². The van der Waals surface area contributed by atoms with Gasteiger partial charge >= 0.3 is 0 Å². The fourth-order valence-corrected chi connectivity index (χ4v) is 2.09. The highest BCUT2D eigenvalue weighted by Crippen LogP contribution is 2.30. The van der Waals surface area contributed by atoms with E-state index in [1.165, 1.54) is 6.07 Å². The number of aromatic nitrogens is 1. The van der Waals surface area contributed by atoms with E-state index < -0.39 is 5.72 Å². The van der Waals surface area contributed by atoms with Crippen molar-refractivity contribution in [3.8, 4) is 5.75 Å². The van der Waals surface area contributed by atoms with Crippen molar-refractivity contribution in [2.75, 3.05) is 13.8 Å². The Hall–Kier alpha value is -2.21. The Bertz CT molecular complexity index is 723. The predicted octanol–water partition coefficient (Wildman–Crippen LogP) is 2.15. The number of ether oxygens (including phenoxy) is 2. The van der Waals surface area contributed by atoms with Gasteiger partial charge in [0, 0.05) is 17.5 Å². The molecule has 98 valence electrons. The van der Waals surface area contributed by atoms with Crippen LogP contribution < -0.4 is 10.2 Å². The molecular formula is C13H13N3O3. The average molecular weight is 259 g/mol. The van der Waals surface area contributed by atoms with Gasteiger partial charge < -0.3 is 14.5 Å². The Kier molecular flexibility index (Phi) is 2.60. The lowest BCUT2D eigenvalue weighted by atomic mass is 10.1. The van der Waals surface area contributed by atoms with Gasteiger partial charge in [-0.3, -0.25) is 4.79 Å². The quantitative estimate of drug-likeness (QED) is 0.897. The summed E-state index contributed by atoms with van der Waals surface area (Å²) in [7, 11) is 1.58. The van der Waals surface area contributed by atoms with Crippen molar-refractivity contribution in [3.05, 3.63) is 40.2 Å². The molecule has 1 N–H and O–H groups in total. The van der Waals surface area contributed by atoms with Crippen LogP contribution in [0.2, 0.25) is 0 Å². The average Bonchev–Trinajstić information content (AvgIpc) is 2.86. The van der Waals surface area contributed by atoms with E-state index in [2.05, 4.69) is 15.2 Å². The summed E-state index contributed by atoms with van der Waals surface area (Å²) in [5.74, 6) is 0.680. The summed E-state index contributed by atoms with van der Waals surface area (Å²) in [4.78, 5) is 15.3. The van der Waals surface area contributed by atoms with Crippen molar-refractivity contribution < 1.29 is 9.47 Å². The molecule has 0 saturated heterocycles. The smallest absolute Gasteiger partial charge is 0.218 e. The van der Waals surface area contributed by atoms with Crippen LogP contribution >= 0.6 is 0 Å². The third-order valence-electron chi connectivity index (χ3n) is 3.20. The molecule has 6 heteroatoms. The predicted molar refractivity (Wildman–Crippen MR) is 69.3 cm³/mol. The maximum atomic E-state index is 12.1. The van der Waals surface area contributed by atoms with Gasteiger partial charge in [0.15, 0.2) is 12.2 Å². The van der Waals surface area contributed by atoms with Crippen molar-refractivity contribution in [2.24, 2.45) is 10.2 Å². The molecule has 3 rings (SSSR count). The molecule has 1 aromatic carbocycles. The number of rotatable bonds is 2. The third kappa shape index (κ3) is 1.90. The van der Waals surface area contributed by atoms with Crippen molar-refractivity contribution in [3.63, 3.8) is 0 Å². The Balaban J connectivity index is 2.23. The second-order valence-electron chi connectivity index (χ2n) is 4.46. The van der Waals surface area contributed by atoms with Crippen LogP contribution in [0, 0.1) is 0 Å². The van der Waals surface area contributed by atoms with Gasteiger partial charge in [0.05, 0.1) is 18.3 Å². The lowest BCUT2D eigenvalue weighted by Gasteiger charge is -2.18. The molecule has 1 aromatic heterocycles. The zero-order valence-corrected chi connectivity index (χ0v) is 10.6. The monoisotopic (exact) mass is 259 g/mol. The molecule has 1 unspecified atom stereocenters. The summed E-state index contributed by atoms with van der Waals surface area (Å²) in [6, 6.07) is 6.76. The molecule has 1 atom stereocenters. The van der Waals surface area contributed by atoms with Crippen LogP contribution in [0.4, 0.5) is 0 Å². The van der Waals surface area contributed by atoms with Gasteiger partial charge in [0.2, 0.25) is 5.72 Å². The number of methoxy groups -OCH3 is 1. The largest absolute Gasteiger partial charge is 0.497 e. The zero-order chi connectivity index (χ0) is 13.5. The summed E-state index contributed by atoms with van der Waals surface area (Å²) < 4.78 is 10.6. The molecule has 2 aromatic rings. The highest BCUT2D eigenvalue weighted by atomic mass is 16.5. The summed E-state index contributed by atoms with van der Waals surface area (Å²) in [6.45, 7) is 1.97. The number of azo groups is 1. The molecular weight excluding hydrogens is 246 g/mol. The lowest BCUT2D eigenvalue weighted by molar-refractivity contribution is 0.00486. The number of benzene rings is 1. The number of fused-ring (bicyclic) bond motifs is 1. The highest BCUT2D eigenvalue weighted by Gasteiger charge is 2.32. The molecule has 0 fully saturated rings. The van der Waals surface area contributed by atoms with Crippen molar-refractivity contribution in [1.29, 1.82) is 0 Å². The van der Waals surface area contributed by atoms with E-state index >= 15 is 0 Å². The molecule has 0 bridgehead atoms. The molecule has 0 radical (unpaired) electrons. The van der Waals surface area contributed by atoms with Crippen LogP contribution in [-0.4, -0.2) is 18.8 Å². The maximum Gasteiger partial charge on any atom is 0.218 e. The lowest BCUT2D eigenvalue weighted by Crippen LogP contribution is -2.23. The summed E-state index contributed by atoms with van der Waals surface area (Å²) >= 11 is 0. The molecule has 6 nitrogen and oxygen atoms in total. The zero-order valence-electron chi connectivity index (χ0n) is 10.6. The van der Waals surface area contributed by atoms with Crippen molar-refractivity contribution in [2.45, 2.75) is 12.6 Å². The number of hydrogen-bond donors (Lipinski definition) is 1. The minimum absolute atomic E-state index is 0.0849. The summed E-state index contributed by atoms with van der Waals surface area (Å²) in [5.41, 5.74) is 0.266. The van der Waals surface area contributed by atoms with E-state index in [-0.39, 0.29) is 12.2 Å². The normalized spacial score (nSPS) is 22.0. The van der Waals surface area contributed by atoms with Gasteiger partial charge in [0.1, 0.15) is 5.75 Å². The van der Waals surface area contributed by atoms with Gasteiger partial charge in [-0.15, -0.1) is 5.11 Å². The number of nitrogens with zero attached hydrogens (tertiary/aromatic N) is 2. The second-order valence-corrected chi connectivity index (χ2v) is 4.46. The minimum atomic E-state index is -0.920. The van der Waals surface area contributed by atoms with Crippen LogP contribution in [0.5, 0.6) is 5.75 Å². The van der Waals surface area contributed by atoms with E-state index in [0.29, 0.717) is 22.3 Å². The van der Waals surface area contributed by atoms with E-state index in [1.807, 2.05) is 0 Å². The van der Waals surface area contributed by atoms with Crippen LogP contribution in [0.25, 0.3) is 10.9 Å². The summed E-state index contributed by atoms with van der Waals surface area (Å²) in [5, 5.41) is 8.44. The molecule has 0 aliphatic carbocycles. The first-order valence-electron chi connectivity index (χ1n) is 5.86. The van der Waals surface area contributed by atoms with Crippen LogP contribution in [0.1, 0.15) is 12.6 Å². The van der Waals surface area contributed by atoms with E-state index in [4.69, 9.17) is 9.47 Å². The molecule has 2 heterocycles. The third-order valence-corrected chi connectivity index (χ3v) is 3.20. The SMILES string of the molecule is COc1ccc2c(=O)cc(C3(C)N=NCO3)[nH]c2c1. The van der Waals surface area contributed by atoms with Crippen LogP contribution in [0.15, 0.2) is 39.3 Å². The standard InChI is InChI=1S/C13H13N3O3/c1-13(16-14-7-19-13)12-6-11(17)9-4-3-8(18-2)5-10(9)15-12/h3-6H,7H2,1-2H3,(H,15,17).